The second-order valence-electron chi connectivity index (χ2n) is 8.35. The van der Waals surface area contributed by atoms with E-state index in [1.165, 1.54) is 5.57 Å². The van der Waals surface area contributed by atoms with Crippen molar-refractivity contribution in [3.05, 3.63) is 48.2 Å². The lowest BCUT2D eigenvalue weighted by atomic mass is 9.87. The number of nitrogens with zero attached hydrogens (tertiary/aromatic N) is 2. The molecule has 27 heavy (non-hydrogen) atoms. The number of pyridine rings is 1. The second kappa shape index (κ2) is 8.59. The highest BCUT2D eigenvalue weighted by Crippen LogP contribution is 2.29. The highest BCUT2D eigenvalue weighted by atomic mass is 16.6. The molecule has 2 heterocycles. The number of ether oxygens (including phenoxy) is 2. The molecule has 5 heteroatoms. The van der Waals surface area contributed by atoms with Crippen LogP contribution in [0.3, 0.4) is 0 Å². The monoisotopic (exact) mass is 370 g/mol. The number of hydrogen-bond acceptors (Lipinski definition) is 4. The maximum Gasteiger partial charge on any atom is 0.410 e. The minimum absolute atomic E-state index is 0.0433. The smallest absolute Gasteiger partial charge is 0.410 e. The van der Waals surface area contributed by atoms with Crippen LogP contribution in [0.25, 0.3) is 0 Å². The molecule has 0 N–H and O–H groups in total. The fraction of sp³-hybridized carbons (Fsp3) is 0.545. The van der Waals surface area contributed by atoms with Gasteiger partial charge in [-0.05, 0) is 58.1 Å². The summed E-state index contributed by atoms with van der Waals surface area (Å²) in [5, 5.41) is 0. The number of carbonyl (C=O) groups excluding carboxylic acids is 1. The average molecular weight is 370 g/mol. The lowest BCUT2D eigenvalue weighted by molar-refractivity contribution is 0.0184. The van der Waals surface area contributed by atoms with Gasteiger partial charge in [-0.15, -0.1) is 0 Å². The van der Waals surface area contributed by atoms with Gasteiger partial charge in [-0.1, -0.05) is 23.8 Å². The van der Waals surface area contributed by atoms with Crippen molar-refractivity contribution < 1.29 is 14.3 Å². The number of likely N-dealkylation sites (tertiary alicyclic amines) is 1. The van der Waals surface area contributed by atoms with Crippen molar-refractivity contribution in [2.75, 3.05) is 13.1 Å². The summed E-state index contributed by atoms with van der Waals surface area (Å²) < 4.78 is 11.4. The molecule has 2 aliphatic rings. The minimum atomic E-state index is -0.435. The quantitative estimate of drug-likeness (QED) is 0.767. The van der Waals surface area contributed by atoms with Gasteiger partial charge in [-0.25, -0.2) is 9.78 Å². The minimum Gasteiger partial charge on any atom is -0.470 e. The van der Waals surface area contributed by atoms with Crippen molar-refractivity contribution in [1.29, 1.82) is 0 Å². The first-order valence-corrected chi connectivity index (χ1v) is 9.81. The van der Waals surface area contributed by atoms with Crippen molar-refractivity contribution in [2.45, 2.75) is 58.2 Å². The molecule has 1 saturated heterocycles. The zero-order valence-corrected chi connectivity index (χ0v) is 16.6. The number of rotatable bonds is 4. The van der Waals surface area contributed by atoms with Gasteiger partial charge in [0.25, 0.3) is 0 Å². The van der Waals surface area contributed by atoms with Crippen molar-refractivity contribution >= 4 is 6.09 Å². The predicted molar refractivity (Wildman–Crippen MR) is 106 cm³/mol. The first-order chi connectivity index (χ1) is 12.9. The van der Waals surface area contributed by atoms with Gasteiger partial charge in [0, 0.05) is 31.8 Å². The Hall–Kier alpha value is -2.30. The first kappa shape index (κ1) is 19.5. The standard InChI is InChI=1S/C22H30N2O3/c1-22(2,3)27-21(25)24-13-10-17(11-14-24)15-18-7-6-8-19(16-18)26-20-9-4-5-12-23-20/h4-9,12,17,19H,10-11,13-16H2,1-3H3. The molecular formula is C22H30N2O3. The van der Waals surface area contributed by atoms with E-state index in [2.05, 4.69) is 23.2 Å². The Bertz CT molecular complexity index is 683. The molecule has 146 valence electrons. The molecule has 5 nitrogen and oxygen atoms in total. The Morgan fingerprint density at radius 2 is 2.04 bits per heavy atom. The maximum absolute atomic E-state index is 12.2. The van der Waals surface area contributed by atoms with Crippen LogP contribution in [0.5, 0.6) is 5.88 Å². The summed E-state index contributed by atoms with van der Waals surface area (Å²) in [7, 11) is 0. The SMILES string of the molecule is CC(C)(C)OC(=O)N1CCC(CC2=CC=CC(Oc3ccccn3)C2)CC1. The van der Waals surface area contributed by atoms with Gasteiger partial charge < -0.3 is 14.4 Å². The number of hydrogen-bond donors (Lipinski definition) is 0. The van der Waals surface area contributed by atoms with Crippen LogP contribution in [0.15, 0.2) is 48.2 Å². The van der Waals surface area contributed by atoms with Crippen molar-refractivity contribution in [3.63, 3.8) is 0 Å². The van der Waals surface area contributed by atoms with E-state index >= 15 is 0 Å². The molecule has 1 aliphatic carbocycles. The van der Waals surface area contributed by atoms with E-state index in [-0.39, 0.29) is 12.2 Å². The Morgan fingerprint density at radius 1 is 1.26 bits per heavy atom. The fourth-order valence-electron chi connectivity index (χ4n) is 3.53. The fourth-order valence-corrected chi connectivity index (χ4v) is 3.53. The largest absolute Gasteiger partial charge is 0.470 e. The van der Waals surface area contributed by atoms with E-state index in [0.717, 1.165) is 38.8 Å². The van der Waals surface area contributed by atoms with E-state index in [9.17, 15) is 4.79 Å². The summed E-state index contributed by atoms with van der Waals surface area (Å²) in [5.41, 5.74) is 0.977. The predicted octanol–water partition coefficient (Wildman–Crippen LogP) is 4.75. The van der Waals surface area contributed by atoms with Crippen molar-refractivity contribution in [3.8, 4) is 5.88 Å². The summed E-state index contributed by atoms with van der Waals surface area (Å²) in [6.07, 6.45) is 12.0. The van der Waals surface area contributed by atoms with Crippen LogP contribution in [0.4, 0.5) is 4.79 Å². The second-order valence-corrected chi connectivity index (χ2v) is 8.35. The van der Waals surface area contributed by atoms with Crippen LogP contribution < -0.4 is 4.74 Å². The molecule has 0 radical (unpaired) electrons. The third-order valence-corrected chi connectivity index (χ3v) is 4.85. The molecule has 0 aromatic carbocycles. The number of amides is 1. The van der Waals surface area contributed by atoms with Crippen LogP contribution >= 0.6 is 0 Å². The Balaban J connectivity index is 1.44. The molecule has 1 aromatic heterocycles. The normalized spacial score (nSPS) is 20.9. The maximum atomic E-state index is 12.2. The van der Waals surface area contributed by atoms with Gasteiger partial charge >= 0.3 is 6.09 Å². The summed E-state index contributed by atoms with van der Waals surface area (Å²) in [5.74, 6) is 1.27. The van der Waals surface area contributed by atoms with E-state index in [1.807, 2.05) is 43.9 Å². The van der Waals surface area contributed by atoms with E-state index < -0.39 is 5.60 Å². The lowest BCUT2D eigenvalue weighted by Gasteiger charge is -2.34. The van der Waals surface area contributed by atoms with Gasteiger partial charge in [-0.3, -0.25) is 0 Å². The van der Waals surface area contributed by atoms with Gasteiger partial charge in [0.05, 0.1) is 0 Å². The molecule has 1 unspecified atom stereocenters. The van der Waals surface area contributed by atoms with Crippen molar-refractivity contribution in [2.24, 2.45) is 5.92 Å². The summed E-state index contributed by atoms with van der Waals surface area (Å²) in [4.78, 5) is 18.3. The van der Waals surface area contributed by atoms with Gasteiger partial charge in [0.1, 0.15) is 11.7 Å². The Kier molecular flexibility index (Phi) is 6.19. The Morgan fingerprint density at radius 3 is 2.70 bits per heavy atom. The molecule has 1 aromatic rings. The first-order valence-electron chi connectivity index (χ1n) is 9.81. The van der Waals surface area contributed by atoms with Crippen molar-refractivity contribution in [1.82, 2.24) is 9.88 Å². The third kappa shape index (κ3) is 6.12. The summed E-state index contributed by atoms with van der Waals surface area (Å²) in [6, 6.07) is 5.71. The highest BCUT2D eigenvalue weighted by molar-refractivity contribution is 5.68. The zero-order chi connectivity index (χ0) is 19.3. The van der Waals surface area contributed by atoms with Crippen LogP contribution in [0, 0.1) is 5.92 Å². The number of aromatic nitrogens is 1. The Labute approximate surface area is 162 Å². The molecule has 0 bridgehead atoms. The van der Waals surface area contributed by atoms with Gasteiger partial charge in [0.15, 0.2) is 0 Å². The molecule has 3 rings (SSSR count). The van der Waals surface area contributed by atoms with E-state index in [4.69, 9.17) is 9.47 Å². The molecule has 0 saturated carbocycles. The molecule has 1 aliphatic heterocycles. The highest BCUT2D eigenvalue weighted by Gasteiger charge is 2.27. The van der Waals surface area contributed by atoms with Gasteiger partial charge in [0.2, 0.25) is 5.88 Å². The number of carbonyl (C=O) groups is 1. The molecule has 1 atom stereocenters. The summed E-state index contributed by atoms with van der Waals surface area (Å²) in [6.45, 7) is 7.27. The van der Waals surface area contributed by atoms with E-state index in [0.29, 0.717) is 11.8 Å². The molecule has 1 fully saturated rings. The summed E-state index contributed by atoms with van der Waals surface area (Å²) >= 11 is 0. The zero-order valence-electron chi connectivity index (χ0n) is 16.6. The van der Waals surface area contributed by atoms with Gasteiger partial charge in [-0.2, -0.15) is 0 Å². The van der Waals surface area contributed by atoms with E-state index in [1.54, 1.807) is 6.20 Å². The van der Waals surface area contributed by atoms with Crippen LogP contribution in [0.1, 0.15) is 46.5 Å². The van der Waals surface area contributed by atoms with Crippen LogP contribution in [-0.4, -0.2) is 40.8 Å². The van der Waals surface area contributed by atoms with Crippen LogP contribution in [-0.2, 0) is 4.74 Å². The average Bonchev–Trinajstić information content (AvgIpc) is 2.62. The number of allylic oxidation sites excluding steroid dienone is 2. The molecular weight excluding hydrogens is 340 g/mol. The third-order valence-electron chi connectivity index (χ3n) is 4.85. The topological polar surface area (TPSA) is 51.7 Å². The van der Waals surface area contributed by atoms with Crippen LogP contribution in [0.2, 0.25) is 0 Å². The number of piperidine rings is 1. The lowest BCUT2D eigenvalue weighted by Crippen LogP contribution is -2.41. The molecule has 0 spiro atoms. The molecule has 1 amide bonds.